The fraction of sp³-hybridized carbons (Fsp3) is 0.154. The van der Waals surface area contributed by atoms with Crippen LogP contribution in [0.25, 0.3) is 6.08 Å². The number of anilines is 1. The van der Waals surface area contributed by atoms with E-state index in [9.17, 15) is 23.6 Å². The lowest BCUT2D eigenvalue weighted by molar-refractivity contribution is -0.123. The van der Waals surface area contributed by atoms with Crippen LogP contribution in [0.4, 0.5) is 14.9 Å². The van der Waals surface area contributed by atoms with E-state index in [4.69, 9.17) is 13.9 Å². The van der Waals surface area contributed by atoms with Crippen LogP contribution in [0.2, 0.25) is 0 Å². The molecule has 4 rings (SSSR count). The summed E-state index contributed by atoms with van der Waals surface area (Å²) in [7, 11) is 2.65. The Bertz CT molecular complexity index is 1470. The number of imide groups is 1. The highest BCUT2D eigenvalue weighted by molar-refractivity contribution is 14.1. The zero-order chi connectivity index (χ0) is 28.1. The van der Waals surface area contributed by atoms with E-state index >= 15 is 0 Å². The molecule has 3 amide bonds. The van der Waals surface area contributed by atoms with Crippen molar-refractivity contribution in [1.29, 1.82) is 0 Å². The molecule has 1 aliphatic rings. The summed E-state index contributed by atoms with van der Waals surface area (Å²) in [5.74, 6) is -1.21. The maximum Gasteiger partial charge on any atom is 0.373 e. The summed E-state index contributed by atoms with van der Waals surface area (Å²) in [4.78, 5) is 50.5. The van der Waals surface area contributed by atoms with Crippen LogP contribution >= 0.6 is 34.4 Å². The number of thioether (sulfide) groups is 1. The van der Waals surface area contributed by atoms with Gasteiger partial charge in [-0.2, -0.15) is 0 Å². The molecule has 2 heterocycles. The summed E-state index contributed by atoms with van der Waals surface area (Å²) in [5.41, 5.74) is 0.989. The van der Waals surface area contributed by atoms with Crippen LogP contribution in [0, 0.1) is 9.39 Å². The lowest BCUT2D eigenvalue weighted by Gasteiger charge is -2.14. The van der Waals surface area contributed by atoms with Crippen molar-refractivity contribution in [2.24, 2.45) is 0 Å². The summed E-state index contributed by atoms with van der Waals surface area (Å²) in [6.45, 7) is -0.473. The standard InChI is InChI=1S/C26H20FIN2O8S/c1-35-20-10-14(9-18(28)23(20)37-13-22(31)29-16-5-3-15(27)4-6-16)11-21-24(32)30(26(34)39-21)12-17-7-8-19(38-17)25(33)36-2/h3-11H,12-13H2,1-2H3,(H,29,31)/b21-11+. The molecule has 13 heteroatoms. The van der Waals surface area contributed by atoms with E-state index in [1.807, 2.05) is 22.6 Å². The number of carbonyl (C=O) groups excluding carboxylic acids is 4. The number of carbonyl (C=O) groups is 4. The number of nitrogens with one attached hydrogen (secondary N) is 1. The van der Waals surface area contributed by atoms with E-state index in [2.05, 4.69) is 10.1 Å². The largest absolute Gasteiger partial charge is 0.493 e. The minimum absolute atomic E-state index is 0.0353. The predicted molar refractivity (Wildman–Crippen MR) is 148 cm³/mol. The summed E-state index contributed by atoms with van der Waals surface area (Å²) in [5, 5.41) is 2.12. The first-order valence-electron chi connectivity index (χ1n) is 11.2. The number of nitrogens with zero attached hydrogens (tertiary/aromatic N) is 1. The zero-order valence-corrected chi connectivity index (χ0v) is 23.5. The third-order valence-electron chi connectivity index (χ3n) is 5.26. The van der Waals surface area contributed by atoms with E-state index in [0.717, 1.165) is 16.7 Å². The predicted octanol–water partition coefficient (Wildman–Crippen LogP) is 5.07. The molecule has 3 aromatic rings. The smallest absolute Gasteiger partial charge is 0.373 e. The minimum atomic E-state index is -0.667. The third-order valence-corrected chi connectivity index (χ3v) is 6.97. The molecule has 0 bridgehead atoms. The first-order chi connectivity index (χ1) is 18.7. The quantitative estimate of drug-likeness (QED) is 0.189. The fourth-order valence-electron chi connectivity index (χ4n) is 3.45. The van der Waals surface area contributed by atoms with E-state index in [1.54, 1.807) is 18.2 Å². The van der Waals surface area contributed by atoms with Gasteiger partial charge in [-0.1, -0.05) is 0 Å². The lowest BCUT2D eigenvalue weighted by Crippen LogP contribution is -2.27. The van der Waals surface area contributed by atoms with Gasteiger partial charge in [0.1, 0.15) is 11.6 Å². The molecule has 1 N–H and O–H groups in total. The Morgan fingerprint density at radius 2 is 1.87 bits per heavy atom. The van der Waals surface area contributed by atoms with Crippen LogP contribution in [-0.2, 0) is 20.9 Å². The molecule has 0 radical (unpaired) electrons. The molecule has 1 aromatic heterocycles. The molecule has 202 valence electrons. The first-order valence-corrected chi connectivity index (χ1v) is 13.1. The molecule has 2 aromatic carbocycles. The van der Waals surface area contributed by atoms with Crippen molar-refractivity contribution >= 4 is 69.1 Å². The Kier molecular flexibility index (Phi) is 8.91. The molecule has 10 nitrogen and oxygen atoms in total. The van der Waals surface area contributed by atoms with E-state index < -0.39 is 28.8 Å². The highest BCUT2D eigenvalue weighted by Crippen LogP contribution is 2.37. The molecule has 0 aliphatic carbocycles. The second-order valence-electron chi connectivity index (χ2n) is 7.90. The van der Waals surface area contributed by atoms with Gasteiger partial charge in [-0.3, -0.25) is 19.3 Å². The number of halogens is 2. The first kappa shape index (κ1) is 28.2. The van der Waals surface area contributed by atoms with Gasteiger partial charge in [0, 0.05) is 5.69 Å². The molecule has 0 spiro atoms. The molecular weight excluding hydrogens is 646 g/mol. The molecule has 0 atom stereocenters. The monoisotopic (exact) mass is 666 g/mol. The Balaban J connectivity index is 1.45. The zero-order valence-electron chi connectivity index (χ0n) is 20.5. The van der Waals surface area contributed by atoms with Crippen LogP contribution in [0.15, 0.2) is 57.9 Å². The number of furan rings is 1. The number of methoxy groups -OCH3 is 2. The average Bonchev–Trinajstić information content (AvgIpc) is 3.49. The highest BCUT2D eigenvalue weighted by atomic mass is 127. The van der Waals surface area contributed by atoms with Gasteiger partial charge in [-0.15, -0.1) is 0 Å². The van der Waals surface area contributed by atoms with E-state index in [0.29, 0.717) is 26.3 Å². The number of rotatable bonds is 9. The van der Waals surface area contributed by atoms with Gasteiger partial charge in [0.2, 0.25) is 5.76 Å². The second kappa shape index (κ2) is 12.3. The number of hydrogen-bond acceptors (Lipinski definition) is 9. The minimum Gasteiger partial charge on any atom is -0.493 e. The highest BCUT2D eigenvalue weighted by Gasteiger charge is 2.36. The van der Waals surface area contributed by atoms with Crippen molar-refractivity contribution in [2.45, 2.75) is 6.54 Å². The van der Waals surface area contributed by atoms with Crippen LogP contribution in [0.1, 0.15) is 21.9 Å². The van der Waals surface area contributed by atoms with Crippen molar-refractivity contribution in [2.75, 3.05) is 26.1 Å². The molecule has 1 fully saturated rings. The van der Waals surface area contributed by atoms with Crippen LogP contribution in [-0.4, -0.2) is 48.7 Å². The van der Waals surface area contributed by atoms with Crippen molar-refractivity contribution < 1.29 is 42.2 Å². The molecule has 1 aliphatic heterocycles. The molecular formula is C26H20FIN2O8S. The van der Waals surface area contributed by atoms with E-state index in [1.165, 1.54) is 50.6 Å². The van der Waals surface area contributed by atoms with Crippen molar-refractivity contribution in [1.82, 2.24) is 4.90 Å². The number of benzene rings is 2. The van der Waals surface area contributed by atoms with Gasteiger partial charge in [-0.05, 0) is 94.5 Å². The molecule has 39 heavy (non-hydrogen) atoms. The summed E-state index contributed by atoms with van der Waals surface area (Å²) >= 11 is 2.78. The fourth-order valence-corrected chi connectivity index (χ4v) is 5.07. The lowest BCUT2D eigenvalue weighted by atomic mass is 10.2. The van der Waals surface area contributed by atoms with Crippen LogP contribution in [0.5, 0.6) is 11.5 Å². The Hall–Kier alpha value is -3.85. The van der Waals surface area contributed by atoms with E-state index in [-0.39, 0.29) is 29.6 Å². The maximum atomic E-state index is 13.1. The Labute approximate surface area is 239 Å². The normalized spacial score (nSPS) is 14.1. The summed E-state index contributed by atoms with van der Waals surface area (Å²) < 4.78 is 34.7. The summed E-state index contributed by atoms with van der Waals surface area (Å²) in [6, 6.07) is 11.5. The van der Waals surface area contributed by atoms with Gasteiger partial charge in [0.25, 0.3) is 17.1 Å². The Morgan fingerprint density at radius 1 is 1.13 bits per heavy atom. The number of amides is 3. The van der Waals surface area contributed by atoms with Gasteiger partial charge >= 0.3 is 5.97 Å². The number of esters is 1. The number of ether oxygens (including phenoxy) is 3. The van der Waals surface area contributed by atoms with Crippen molar-refractivity contribution in [3.63, 3.8) is 0 Å². The van der Waals surface area contributed by atoms with Gasteiger partial charge in [-0.25, -0.2) is 9.18 Å². The Morgan fingerprint density at radius 3 is 2.56 bits per heavy atom. The maximum absolute atomic E-state index is 13.1. The van der Waals surface area contributed by atoms with Crippen LogP contribution in [0.3, 0.4) is 0 Å². The molecule has 1 saturated heterocycles. The van der Waals surface area contributed by atoms with Crippen molar-refractivity contribution in [3.05, 3.63) is 79.9 Å². The average molecular weight is 666 g/mol. The topological polar surface area (TPSA) is 124 Å². The van der Waals surface area contributed by atoms with Crippen LogP contribution < -0.4 is 14.8 Å². The molecule has 0 saturated carbocycles. The number of hydrogen-bond donors (Lipinski definition) is 1. The SMILES string of the molecule is COC(=O)c1ccc(CN2C(=O)S/C(=C/c3cc(I)c(OCC(=O)Nc4ccc(F)cc4)c(OC)c3)C2=O)o1. The van der Waals surface area contributed by atoms with Gasteiger partial charge < -0.3 is 23.9 Å². The second-order valence-corrected chi connectivity index (χ2v) is 10.1. The van der Waals surface area contributed by atoms with Crippen molar-refractivity contribution in [3.8, 4) is 11.5 Å². The van der Waals surface area contributed by atoms with Gasteiger partial charge in [0.15, 0.2) is 18.1 Å². The van der Waals surface area contributed by atoms with Gasteiger partial charge in [0.05, 0.1) is 29.2 Å². The summed E-state index contributed by atoms with van der Waals surface area (Å²) in [6.07, 6.45) is 1.54. The third kappa shape index (κ3) is 6.78. The molecule has 0 unspecified atom stereocenters.